The SMILES string of the molecule is CC(C)OCc1ccc(NC(=O)C2(n3cccn3)CCNCC2)cc1. The molecule has 0 aliphatic carbocycles. The minimum Gasteiger partial charge on any atom is -0.374 e. The van der Waals surface area contributed by atoms with E-state index in [9.17, 15) is 4.79 Å². The second-order valence-corrected chi connectivity index (χ2v) is 6.74. The Morgan fingerprint density at radius 1 is 1.32 bits per heavy atom. The minimum atomic E-state index is -0.631. The molecule has 2 aromatic rings. The Hall–Kier alpha value is -2.18. The van der Waals surface area contributed by atoms with Gasteiger partial charge in [0, 0.05) is 18.1 Å². The minimum absolute atomic E-state index is 0.0103. The zero-order valence-electron chi connectivity index (χ0n) is 14.9. The average Bonchev–Trinajstić information content (AvgIpc) is 3.17. The smallest absolute Gasteiger partial charge is 0.252 e. The highest BCUT2D eigenvalue weighted by Crippen LogP contribution is 2.28. The fraction of sp³-hybridized carbons (Fsp3) is 0.474. The first-order valence-corrected chi connectivity index (χ1v) is 8.83. The van der Waals surface area contributed by atoms with Crippen molar-refractivity contribution < 1.29 is 9.53 Å². The molecule has 1 saturated heterocycles. The van der Waals surface area contributed by atoms with Gasteiger partial charge >= 0.3 is 0 Å². The monoisotopic (exact) mass is 342 g/mol. The van der Waals surface area contributed by atoms with E-state index in [4.69, 9.17) is 4.74 Å². The van der Waals surface area contributed by atoms with E-state index in [2.05, 4.69) is 15.7 Å². The van der Waals surface area contributed by atoms with Gasteiger partial charge in [0.2, 0.25) is 0 Å². The summed E-state index contributed by atoms with van der Waals surface area (Å²) in [4.78, 5) is 13.1. The summed E-state index contributed by atoms with van der Waals surface area (Å²) in [6.07, 6.45) is 5.24. The van der Waals surface area contributed by atoms with Crippen LogP contribution < -0.4 is 10.6 Å². The van der Waals surface area contributed by atoms with E-state index in [-0.39, 0.29) is 12.0 Å². The van der Waals surface area contributed by atoms with Crippen molar-refractivity contribution in [2.24, 2.45) is 0 Å². The predicted molar refractivity (Wildman–Crippen MR) is 97.3 cm³/mol. The van der Waals surface area contributed by atoms with E-state index < -0.39 is 5.54 Å². The fourth-order valence-electron chi connectivity index (χ4n) is 3.12. The Morgan fingerprint density at radius 3 is 2.64 bits per heavy atom. The summed E-state index contributed by atoms with van der Waals surface area (Å²) in [5.41, 5.74) is 1.26. The summed E-state index contributed by atoms with van der Waals surface area (Å²) >= 11 is 0. The molecular formula is C19H26N4O2. The predicted octanol–water partition coefficient (Wildman–Crippen LogP) is 2.53. The maximum Gasteiger partial charge on any atom is 0.252 e. The van der Waals surface area contributed by atoms with Crippen molar-refractivity contribution in [1.82, 2.24) is 15.1 Å². The molecule has 2 N–H and O–H groups in total. The quantitative estimate of drug-likeness (QED) is 0.846. The lowest BCUT2D eigenvalue weighted by Gasteiger charge is -2.36. The number of nitrogens with zero attached hydrogens (tertiary/aromatic N) is 2. The summed E-state index contributed by atoms with van der Waals surface area (Å²) in [5, 5.41) is 10.7. The summed E-state index contributed by atoms with van der Waals surface area (Å²) in [6, 6.07) is 9.69. The van der Waals surface area contributed by atoms with Gasteiger partial charge in [0.15, 0.2) is 0 Å². The molecule has 2 heterocycles. The largest absolute Gasteiger partial charge is 0.374 e. The van der Waals surface area contributed by atoms with Gasteiger partial charge in [-0.3, -0.25) is 9.48 Å². The topological polar surface area (TPSA) is 68.2 Å². The molecule has 0 unspecified atom stereocenters. The van der Waals surface area contributed by atoms with Crippen molar-refractivity contribution in [3.8, 4) is 0 Å². The standard InChI is InChI=1S/C19H26N4O2/c1-15(2)25-14-16-4-6-17(7-5-16)22-18(24)19(8-11-20-12-9-19)23-13-3-10-21-23/h3-7,10,13,15,20H,8-9,11-12,14H2,1-2H3,(H,22,24). The molecule has 1 amide bonds. The van der Waals surface area contributed by atoms with Gasteiger partial charge in [-0.2, -0.15) is 5.10 Å². The normalized spacial score (nSPS) is 16.8. The lowest BCUT2D eigenvalue weighted by molar-refractivity contribution is -0.126. The van der Waals surface area contributed by atoms with E-state index in [1.54, 1.807) is 10.9 Å². The summed E-state index contributed by atoms with van der Waals surface area (Å²) < 4.78 is 7.40. The molecule has 134 valence electrons. The molecule has 0 spiro atoms. The number of piperidine rings is 1. The third-order valence-electron chi connectivity index (χ3n) is 4.59. The van der Waals surface area contributed by atoms with Crippen LogP contribution in [0, 0.1) is 0 Å². The first-order chi connectivity index (χ1) is 12.1. The molecule has 6 nitrogen and oxygen atoms in total. The first kappa shape index (κ1) is 17.6. The average molecular weight is 342 g/mol. The molecule has 1 aliphatic heterocycles. The van der Waals surface area contributed by atoms with E-state index >= 15 is 0 Å². The van der Waals surface area contributed by atoms with E-state index in [0.717, 1.165) is 37.2 Å². The van der Waals surface area contributed by atoms with Crippen LogP contribution >= 0.6 is 0 Å². The van der Waals surface area contributed by atoms with Crippen molar-refractivity contribution in [3.05, 3.63) is 48.3 Å². The van der Waals surface area contributed by atoms with Gasteiger partial charge in [0.1, 0.15) is 5.54 Å². The zero-order valence-corrected chi connectivity index (χ0v) is 14.9. The molecule has 0 saturated carbocycles. The number of hydrogen-bond donors (Lipinski definition) is 2. The van der Waals surface area contributed by atoms with Gasteiger partial charge in [-0.25, -0.2) is 0 Å². The summed E-state index contributed by atoms with van der Waals surface area (Å²) in [7, 11) is 0. The van der Waals surface area contributed by atoms with Gasteiger partial charge in [0.05, 0.1) is 12.7 Å². The third-order valence-corrected chi connectivity index (χ3v) is 4.59. The number of rotatable bonds is 6. The Balaban J connectivity index is 1.71. The zero-order chi connectivity index (χ0) is 17.7. The Morgan fingerprint density at radius 2 is 2.04 bits per heavy atom. The number of benzene rings is 1. The molecule has 0 atom stereocenters. The molecule has 25 heavy (non-hydrogen) atoms. The summed E-state index contributed by atoms with van der Waals surface area (Å²) in [5.74, 6) is -0.0103. The van der Waals surface area contributed by atoms with Crippen molar-refractivity contribution in [2.75, 3.05) is 18.4 Å². The maximum absolute atomic E-state index is 13.1. The third kappa shape index (κ3) is 4.08. The van der Waals surface area contributed by atoms with Crippen LogP contribution in [0.2, 0.25) is 0 Å². The van der Waals surface area contributed by atoms with Crippen molar-refractivity contribution in [1.29, 1.82) is 0 Å². The van der Waals surface area contributed by atoms with E-state index in [1.807, 2.05) is 50.4 Å². The molecular weight excluding hydrogens is 316 g/mol. The highest BCUT2D eigenvalue weighted by molar-refractivity contribution is 5.96. The van der Waals surface area contributed by atoms with Crippen LogP contribution in [0.15, 0.2) is 42.7 Å². The fourth-order valence-corrected chi connectivity index (χ4v) is 3.12. The Bertz CT molecular complexity index is 674. The molecule has 6 heteroatoms. The lowest BCUT2D eigenvalue weighted by atomic mass is 9.87. The Labute approximate surface area is 148 Å². The van der Waals surface area contributed by atoms with Crippen molar-refractivity contribution in [3.63, 3.8) is 0 Å². The van der Waals surface area contributed by atoms with E-state index in [0.29, 0.717) is 6.61 Å². The van der Waals surface area contributed by atoms with Crippen LogP contribution in [0.25, 0.3) is 0 Å². The molecule has 3 rings (SSSR count). The van der Waals surface area contributed by atoms with Crippen molar-refractivity contribution in [2.45, 2.75) is 44.9 Å². The second-order valence-electron chi connectivity index (χ2n) is 6.74. The maximum atomic E-state index is 13.1. The second kappa shape index (κ2) is 7.80. The highest BCUT2D eigenvalue weighted by atomic mass is 16.5. The van der Waals surface area contributed by atoms with Gasteiger partial charge in [-0.05, 0) is 63.5 Å². The van der Waals surface area contributed by atoms with Gasteiger partial charge in [-0.15, -0.1) is 0 Å². The number of aromatic nitrogens is 2. The van der Waals surface area contributed by atoms with Crippen LogP contribution in [-0.4, -0.2) is 34.9 Å². The van der Waals surface area contributed by atoms with Gasteiger partial charge in [0.25, 0.3) is 5.91 Å². The number of anilines is 1. The number of carbonyl (C=O) groups excluding carboxylic acids is 1. The molecule has 1 aliphatic rings. The van der Waals surface area contributed by atoms with Crippen LogP contribution in [0.3, 0.4) is 0 Å². The van der Waals surface area contributed by atoms with Crippen LogP contribution in [-0.2, 0) is 21.7 Å². The van der Waals surface area contributed by atoms with Crippen LogP contribution in [0.1, 0.15) is 32.3 Å². The number of nitrogens with one attached hydrogen (secondary N) is 2. The Kier molecular flexibility index (Phi) is 5.50. The summed E-state index contributed by atoms with van der Waals surface area (Å²) in [6.45, 7) is 6.22. The van der Waals surface area contributed by atoms with Crippen LogP contribution in [0.5, 0.6) is 0 Å². The highest BCUT2D eigenvalue weighted by Gasteiger charge is 2.41. The first-order valence-electron chi connectivity index (χ1n) is 8.83. The molecule has 0 bridgehead atoms. The number of ether oxygens (including phenoxy) is 1. The molecule has 1 fully saturated rings. The lowest BCUT2D eigenvalue weighted by Crippen LogP contribution is -2.52. The van der Waals surface area contributed by atoms with Crippen molar-refractivity contribution >= 4 is 11.6 Å². The van der Waals surface area contributed by atoms with Gasteiger partial charge < -0.3 is 15.4 Å². The number of hydrogen-bond acceptors (Lipinski definition) is 4. The number of amides is 1. The number of carbonyl (C=O) groups is 1. The van der Waals surface area contributed by atoms with Crippen LogP contribution in [0.4, 0.5) is 5.69 Å². The molecule has 1 aromatic carbocycles. The van der Waals surface area contributed by atoms with Gasteiger partial charge in [-0.1, -0.05) is 12.1 Å². The molecule has 0 radical (unpaired) electrons. The van der Waals surface area contributed by atoms with E-state index in [1.165, 1.54) is 0 Å². The molecule has 1 aromatic heterocycles.